The lowest BCUT2D eigenvalue weighted by Crippen LogP contribution is -2.39. The van der Waals surface area contributed by atoms with Crippen LogP contribution in [0.2, 0.25) is 5.02 Å². The molecule has 0 aromatic heterocycles. The minimum Gasteiger partial charge on any atom is -0.383 e. The third-order valence-electron chi connectivity index (χ3n) is 2.05. The molecule has 0 unspecified atom stereocenters. The molecule has 1 aromatic carbocycles. The second-order valence-electron chi connectivity index (χ2n) is 3.50. The highest BCUT2D eigenvalue weighted by atomic mass is 35.5. The van der Waals surface area contributed by atoms with Gasteiger partial charge in [-0.15, -0.1) is 0 Å². The van der Waals surface area contributed by atoms with Crippen LogP contribution in [0.3, 0.4) is 0 Å². The van der Waals surface area contributed by atoms with Gasteiger partial charge >= 0.3 is 11.8 Å². The van der Waals surface area contributed by atoms with E-state index in [1.54, 1.807) is 24.3 Å². The number of rotatable bonds is 5. The van der Waals surface area contributed by atoms with Crippen LogP contribution in [-0.2, 0) is 14.3 Å². The maximum atomic E-state index is 11.3. The average molecular weight is 284 g/mol. The number of halogens is 1. The van der Waals surface area contributed by atoms with E-state index in [2.05, 4.69) is 15.8 Å². The number of hydrogen-bond acceptors (Lipinski definition) is 4. The van der Waals surface area contributed by atoms with Crippen LogP contribution in [0.5, 0.6) is 0 Å². The number of nitrogens with one attached hydrogen (secondary N) is 2. The van der Waals surface area contributed by atoms with Crippen LogP contribution >= 0.6 is 11.6 Å². The molecule has 0 fully saturated rings. The Kier molecular flexibility index (Phi) is 6.56. The molecule has 0 aliphatic rings. The zero-order valence-electron chi connectivity index (χ0n) is 10.4. The number of hydrazone groups is 1. The summed E-state index contributed by atoms with van der Waals surface area (Å²) in [6, 6.07) is 6.86. The Morgan fingerprint density at radius 3 is 2.63 bits per heavy atom. The van der Waals surface area contributed by atoms with Gasteiger partial charge in [-0.3, -0.25) is 9.59 Å². The fourth-order valence-corrected chi connectivity index (χ4v) is 1.24. The zero-order chi connectivity index (χ0) is 14.1. The third-order valence-corrected chi connectivity index (χ3v) is 2.30. The van der Waals surface area contributed by atoms with Crippen molar-refractivity contribution in [2.24, 2.45) is 5.10 Å². The fraction of sp³-hybridized carbons (Fsp3) is 0.250. The summed E-state index contributed by atoms with van der Waals surface area (Å²) in [7, 11) is 1.50. The van der Waals surface area contributed by atoms with Gasteiger partial charge in [0.2, 0.25) is 0 Å². The van der Waals surface area contributed by atoms with Crippen molar-refractivity contribution in [3.8, 4) is 0 Å². The van der Waals surface area contributed by atoms with E-state index >= 15 is 0 Å². The number of benzene rings is 1. The molecule has 1 rings (SSSR count). The van der Waals surface area contributed by atoms with E-state index in [4.69, 9.17) is 16.3 Å². The third kappa shape index (κ3) is 5.98. The summed E-state index contributed by atoms with van der Waals surface area (Å²) >= 11 is 5.72. The highest BCUT2D eigenvalue weighted by molar-refractivity contribution is 6.35. The lowest BCUT2D eigenvalue weighted by atomic mass is 10.2. The molecule has 0 saturated carbocycles. The molecule has 2 amide bonds. The summed E-state index contributed by atoms with van der Waals surface area (Å²) in [5, 5.41) is 6.64. The van der Waals surface area contributed by atoms with Gasteiger partial charge in [-0.05, 0) is 17.7 Å². The summed E-state index contributed by atoms with van der Waals surface area (Å²) in [6.07, 6.45) is 1.41. The van der Waals surface area contributed by atoms with Crippen molar-refractivity contribution < 1.29 is 14.3 Å². The SMILES string of the molecule is COCCNC(=O)C(=O)N/N=C/c1ccc(Cl)cc1. The van der Waals surface area contributed by atoms with Crippen LogP contribution in [0.4, 0.5) is 0 Å². The molecule has 0 aliphatic carbocycles. The normalized spacial score (nSPS) is 10.4. The number of hydrogen-bond donors (Lipinski definition) is 2. The molecule has 102 valence electrons. The molecule has 0 saturated heterocycles. The lowest BCUT2D eigenvalue weighted by Gasteiger charge is -2.02. The van der Waals surface area contributed by atoms with Gasteiger partial charge in [0.15, 0.2) is 0 Å². The highest BCUT2D eigenvalue weighted by Crippen LogP contribution is 2.07. The number of ether oxygens (including phenoxy) is 1. The number of amides is 2. The van der Waals surface area contributed by atoms with Gasteiger partial charge in [0.05, 0.1) is 12.8 Å². The van der Waals surface area contributed by atoms with Gasteiger partial charge in [0, 0.05) is 18.7 Å². The Morgan fingerprint density at radius 1 is 1.32 bits per heavy atom. The van der Waals surface area contributed by atoms with E-state index in [9.17, 15) is 9.59 Å². The van der Waals surface area contributed by atoms with Crippen molar-refractivity contribution in [1.29, 1.82) is 0 Å². The van der Waals surface area contributed by atoms with E-state index in [1.165, 1.54) is 13.3 Å². The largest absolute Gasteiger partial charge is 0.383 e. The first-order valence-electron chi connectivity index (χ1n) is 5.49. The van der Waals surface area contributed by atoms with E-state index in [0.717, 1.165) is 5.56 Å². The predicted octanol–water partition coefficient (Wildman–Crippen LogP) is 0.553. The molecule has 0 heterocycles. The molecule has 0 bridgehead atoms. The Bertz CT molecular complexity index is 460. The van der Waals surface area contributed by atoms with Gasteiger partial charge in [0.25, 0.3) is 0 Å². The van der Waals surface area contributed by atoms with Crippen LogP contribution in [0.1, 0.15) is 5.56 Å². The predicted molar refractivity (Wildman–Crippen MR) is 72.1 cm³/mol. The van der Waals surface area contributed by atoms with Crippen molar-refractivity contribution in [3.63, 3.8) is 0 Å². The molecule has 2 N–H and O–H groups in total. The first-order chi connectivity index (χ1) is 9.13. The maximum Gasteiger partial charge on any atom is 0.329 e. The van der Waals surface area contributed by atoms with Crippen LogP contribution in [0.25, 0.3) is 0 Å². The van der Waals surface area contributed by atoms with Crippen LogP contribution in [0.15, 0.2) is 29.4 Å². The van der Waals surface area contributed by atoms with E-state index in [0.29, 0.717) is 11.6 Å². The number of methoxy groups -OCH3 is 1. The number of carbonyl (C=O) groups excluding carboxylic acids is 2. The Labute approximate surface area is 115 Å². The number of carbonyl (C=O) groups is 2. The van der Waals surface area contributed by atoms with Gasteiger partial charge in [-0.2, -0.15) is 5.10 Å². The highest BCUT2D eigenvalue weighted by Gasteiger charge is 2.10. The van der Waals surface area contributed by atoms with Crippen LogP contribution < -0.4 is 10.7 Å². The van der Waals surface area contributed by atoms with E-state index in [-0.39, 0.29) is 6.54 Å². The van der Waals surface area contributed by atoms with Crippen molar-refractivity contribution in [1.82, 2.24) is 10.7 Å². The molecule has 1 aromatic rings. The molecular weight excluding hydrogens is 270 g/mol. The first-order valence-corrected chi connectivity index (χ1v) is 5.87. The second-order valence-corrected chi connectivity index (χ2v) is 3.94. The first kappa shape index (κ1) is 15.1. The lowest BCUT2D eigenvalue weighted by molar-refractivity contribution is -0.139. The summed E-state index contributed by atoms with van der Waals surface area (Å²) in [6.45, 7) is 0.608. The molecule has 19 heavy (non-hydrogen) atoms. The van der Waals surface area contributed by atoms with E-state index in [1.807, 2.05) is 0 Å². The minimum atomic E-state index is -0.832. The molecule has 0 aliphatic heterocycles. The van der Waals surface area contributed by atoms with Crippen molar-refractivity contribution in [3.05, 3.63) is 34.9 Å². The molecule has 0 spiro atoms. The van der Waals surface area contributed by atoms with Crippen molar-refractivity contribution in [2.45, 2.75) is 0 Å². The summed E-state index contributed by atoms with van der Waals surface area (Å²) in [5.74, 6) is -1.59. The summed E-state index contributed by atoms with van der Waals surface area (Å²) < 4.78 is 4.73. The van der Waals surface area contributed by atoms with E-state index < -0.39 is 11.8 Å². The number of nitrogens with zero attached hydrogens (tertiary/aromatic N) is 1. The second kappa shape index (κ2) is 8.23. The minimum absolute atomic E-state index is 0.268. The van der Waals surface area contributed by atoms with Gasteiger partial charge < -0.3 is 10.1 Å². The molecule has 0 atom stereocenters. The molecular formula is C12H14ClN3O3. The monoisotopic (exact) mass is 283 g/mol. The van der Waals surface area contributed by atoms with Crippen LogP contribution in [0, 0.1) is 0 Å². The molecule has 6 nitrogen and oxygen atoms in total. The maximum absolute atomic E-state index is 11.3. The zero-order valence-corrected chi connectivity index (χ0v) is 11.1. The standard InChI is InChI=1S/C12H14ClN3O3/c1-19-7-6-14-11(17)12(18)16-15-8-9-2-4-10(13)5-3-9/h2-5,8H,6-7H2,1H3,(H,14,17)(H,16,18)/b15-8+. The van der Waals surface area contributed by atoms with Gasteiger partial charge in [0.1, 0.15) is 0 Å². The fourth-order valence-electron chi connectivity index (χ4n) is 1.11. The average Bonchev–Trinajstić information content (AvgIpc) is 2.41. The van der Waals surface area contributed by atoms with Gasteiger partial charge in [-0.25, -0.2) is 5.43 Å². The Balaban J connectivity index is 2.36. The van der Waals surface area contributed by atoms with Gasteiger partial charge in [-0.1, -0.05) is 23.7 Å². The van der Waals surface area contributed by atoms with Crippen molar-refractivity contribution in [2.75, 3.05) is 20.3 Å². The smallest absolute Gasteiger partial charge is 0.329 e. The quantitative estimate of drug-likeness (QED) is 0.358. The Hall–Kier alpha value is -1.92. The van der Waals surface area contributed by atoms with Crippen LogP contribution in [-0.4, -0.2) is 38.3 Å². The summed E-state index contributed by atoms with van der Waals surface area (Å²) in [5.41, 5.74) is 2.87. The molecule has 0 radical (unpaired) electrons. The topological polar surface area (TPSA) is 79.8 Å². The molecule has 7 heteroatoms. The summed E-state index contributed by atoms with van der Waals surface area (Å²) in [4.78, 5) is 22.5. The van der Waals surface area contributed by atoms with Crippen molar-refractivity contribution >= 4 is 29.6 Å². The Morgan fingerprint density at radius 2 is 2.00 bits per heavy atom.